The van der Waals surface area contributed by atoms with Gasteiger partial charge < -0.3 is 4.42 Å². The van der Waals surface area contributed by atoms with Crippen molar-refractivity contribution in [3.8, 4) is 0 Å². The maximum Gasteiger partial charge on any atom is 0.140 e. The van der Waals surface area contributed by atoms with E-state index in [4.69, 9.17) is 4.42 Å². The summed E-state index contributed by atoms with van der Waals surface area (Å²) in [5.74, 6) is 1.19. The summed E-state index contributed by atoms with van der Waals surface area (Å²) in [6, 6.07) is 10.2. The standard InChI is InChI=1S/C18H18O2/c1-13-7-8-14-9-10-18(19)16(17(14)12-13)6-2-4-15-5-3-11-20-15/h2-5,7-8,11-12,16H,6,9-10H2,1H3/b4-2+. The van der Waals surface area contributed by atoms with Crippen LogP contribution in [0.1, 0.15) is 41.2 Å². The fourth-order valence-corrected chi connectivity index (χ4v) is 2.84. The molecule has 20 heavy (non-hydrogen) atoms. The number of furan rings is 1. The minimum Gasteiger partial charge on any atom is -0.465 e. The molecule has 1 unspecified atom stereocenters. The largest absolute Gasteiger partial charge is 0.465 e. The molecule has 1 aromatic heterocycles. The van der Waals surface area contributed by atoms with E-state index in [2.05, 4.69) is 25.1 Å². The maximum atomic E-state index is 12.2. The molecule has 0 spiro atoms. The van der Waals surface area contributed by atoms with Crippen molar-refractivity contribution in [2.75, 3.05) is 0 Å². The molecule has 0 saturated carbocycles. The van der Waals surface area contributed by atoms with Gasteiger partial charge in [0.15, 0.2) is 0 Å². The number of rotatable bonds is 3. The molecule has 0 radical (unpaired) electrons. The molecule has 0 saturated heterocycles. The summed E-state index contributed by atoms with van der Waals surface area (Å²) in [6.07, 6.45) is 7.93. The van der Waals surface area contributed by atoms with Crippen LogP contribution in [0.15, 0.2) is 47.1 Å². The van der Waals surface area contributed by atoms with Crippen molar-refractivity contribution in [3.05, 3.63) is 65.1 Å². The zero-order valence-electron chi connectivity index (χ0n) is 11.6. The van der Waals surface area contributed by atoms with Crippen LogP contribution < -0.4 is 0 Å². The number of Topliss-reactive ketones (excluding diaryl/α,β-unsaturated/α-hetero) is 1. The molecule has 2 nitrogen and oxygen atoms in total. The first-order valence-electron chi connectivity index (χ1n) is 7.06. The number of carbonyl (C=O) groups is 1. The van der Waals surface area contributed by atoms with Crippen molar-refractivity contribution < 1.29 is 9.21 Å². The molecule has 1 aliphatic carbocycles. The molecule has 1 aromatic carbocycles. The van der Waals surface area contributed by atoms with E-state index in [1.54, 1.807) is 6.26 Å². The van der Waals surface area contributed by atoms with Crippen molar-refractivity contribution in [1.29, 1.82) is 0 Å². The Kier molecular flexibility index (Phi) is 3.55. The number of aryl methyl sites for hydroxylation is 2. The Morgan fingerprint density at radius 3 is 3.00 bits per heavy atom. The van der Waals surface area contributed by atoms with E-state index in [9.17, 15) is 4.79 Å². The van der Waals surface area contributed by atoms with Crippen molar-refractivity contribution >= 4 is 11.9 Å². The van der Waals surface area contributed by atoms with Crippen molar-refractivity contribution in [1.82, 2.24) is 0 Å². The lowest BCUT2D eigenvalue weighted by Gasteiger charge is -2.24. The van der Waals surface area contributed by atoms with Gasteiger partial charge in [0.1, 0.15) is 11.5 Å². The van der Waals surface area contributed by atoms with Crippen LogP contribution in [0.2, 0.25) is 0 Å². The highest BCUT2D eigenvalue weighted by atomic mass is 16.3. The zero-order chi connectivity index (χ0) is 13.9. The number of ketones is 1. The summed E-state index contributed by atoms with van der Waals surface area (Å²) in [7, 11) is 0. The molecular formula is C18H18O2. The SMILES string of the molecule is Cc1ccc2c(c1)C(C/C=C/c1ccco1)C(=O)CC2. The first kappa shape index (κ1) is 12.9. The number of hydrogen-bond acceptors (Lipinski definition) is 2. The molecular weight excluding hydrogens is 248 g/mol. The Labute approximate surface area is 119 Å². The average Bonchev–Trinajstić information content (AvgIpc) is 2.94. The van der Waals surface area contributed by atoms with Gasteiger partial charge in [-0.05, 0) is 49.1 Å². The van der Waals surface area contributed by atoms with Gasteiger partial charge in [-0.15, -0.1) is 0 Å². The zero-order valence-corrected chi connectivity index (χ0v) is 11.6. The molecule has 1 heterocycles. The fourth-order valence-electron chi connectivity index (χ4n) is 2.84. The second-order valence-corrected chi connectivity index (χ2v) is 5.37. The van der Waals surface area contributed by atoms with Gasteiger partial charge in [0.05, 0.1) is 6.26 Å². The normalized spacial score (nSPS) is 18.4. The summed E-state index contributed by atoms with van der Waals surface area (Å²) < 4.78 is 5.27. The van der Waals surface area contributed by atoms with Gasteiger partial charge >= 0.3 is 0 Å². The van der Waals surface area contributed by atoms with Gasteiger partial charge in [0, 0.05) is 12.3 Å². The van der Waals surface area contributed by atoms with E-state index in [-0.39, 0.29) is 5.92 Å². The highest BCUT2D eigenvalue weighted by Gasteiger charge is 2.26. The van der Waals surface area contributed by atoms with Crippen LogP contribution in [0.5, 0.6) is 0 Å². The number of fused-ring (bicyclic) bond motifs is 1. The molecule has 0 bridgehead atoms. The summed E-state index contributed by atoms with van der Waals surface area (Å²) in [6.45, 7) is 2.08. The fraction of sp³-hybridized carbons (Fsp3) is 0.278. The second-order valence-electron chi connectivity index (χ2n) is 5.37. The van der Waals surface area contributed by atoms with Crippen LogP contribution in [-0.4, -0.2) is 5.78 Å². The van der Waals surface area contributed by atoms with E-state index in [1.165, 1.54) is 16.7 Å². The van der Waals surface area contributed by atoms with E-state index in [0.29, 0.717) is 12.2 Å². The summed E-state index contributed by atoms with van der Waals surface area (Å²) >= 11 is 0. The number of allylic oxidation sites excluding steroid dienone is 1. The highest BCUT2D eigenvalue weighted by molar-refractivity contribution is 5.88. The predicted molar refractivity (Wildman–Crippen MR) is 79.6 cm³/mol. The minimum atomic E-state index is 0.00450. The second kappa shape index (κ2) is 5.49. The highest BCUT2D eigenvalue weighted by Crippen LogP contribution is 2.32. The monoisotopic (exact) mass is 266 g/mol. The molecule has 1 atom stereocenters. The van der Waals surface area contributed by atoms with Gasteiger partial charge in [-0.25, -0.2) is 0 Å². The van der Waals surface area contributed by atoms with Gasteiger partial charge in [-0.3, -0.25) is 4.79 Å². The topological polar surface area (TPSA) is 30.2 Å². The van der Waals surface area contributed by atoms with Crippen LogP contribution in [0.3, 0.4) is 0 Å². The van der Waals surface area contributed by atoms with Crippen LogP contribution in [0.4, 0.5) is 0 Å². The molecule has 0 fully saturated rings. The van der Waals surface area contributed by atoms with Crippen LogP contribution >= 0.6 is 0 Å². The Bertz CT molecular complexity index is 635. The summed E-state index contributed by atoms with van der Waals surface area (Å²) in [4.78, 5) is 12.2. The van der Waals surface area contributed by atoms with Gasteiger partial charge in [0.25, 0.3) is 0 Å². The van der Waals surface area contributed by atoms with Crippen LogP contribution in [0.25, 0.3) is 6.08 Å². The molecule has 0 N–H and O–H groups in total. The number of hydrogen-bond donors (Lipinski definition) is 0. The Hall–Kier alpha value is -2.09. The summed E-state index contributed by atoms with van der Waals surface area (Å²) in [5, 5.41) is 0. The molecule has 2 aromatic rings. The number of benzene rings is 1. The smallest absolute Gasteiger partial charge is 0.140 e. The first-order valence-corrected chi connectivity index (χ1v) is 7.06. The van der Waals surface area contributed by atoms with E-state index in [1.807, 2.05) is 24.3 Å². The lowest BCUT2D eigenvalue weighted by atomic mass is 9.79. The lowest BCUT2D eigenvalue weighted by Crippen LogP contribution is -2.20. The quantitative estimate of drug-likeness (QED) is 0.829. The van der Waals surface area contributed by atoms with Crippen LogP contribution in [-0.2, 0) is 11.2 Å². The lowest BCUT2D eigenvalue weighted by molar-refractivity contribution is -0.120. The van der Waals surface area contributed by atoms with Crippen molar-refractivity contribution in [3.63, 3.8) is 0 Å². The molecule has 3 rings (SSSR count). The molecule has 102 valence electrons. The molecule has 0 amide bonds. The Balaban J connectivity index is 1.82. The Morgan fingerprint density at radius 2 is 2.20 bits per heavy atom. The molecule has 0 aliphatic heterocycles. The predicted octanol–water partition coefficient (Wildman–Crippen LogP) is 4.29. The molecule has 2 heteroatoms. The number of carbonyl (C=O) groups excluding carboxylic acids is 1. The molecule has 1 aliphatic rings. The minimum absolute atomic E-state index is 0.00450. The third-order valence-electron chi connectivity index (χ3n) is 3.90. The maximum absolute atomic E-state index is 12.2. The average molecular weight is 266 g/mol. The van der Waals surface area contributed by atoms with E-state index in [0.717, 1.165) is 18.6 Å². The third kappa shape index (κ3) is 2.60. The Morgan fingerprint density at radius 1 is 1.30 bits per heavy atom. The first-order chi connectivity index (χ1) is 9.74. The summed E-state index contributed by atoms with van der Waals surface area (Å²) in [5.41, 5.74) is 3.76. The van der Waals surface area contributed by atoms with Crippen LogP contribution in [0, 0.1) is 6.92 Å². The van der Waals surface area contributed by atoms with Gasteiger partial charge in [-0.1, -0.05) is 29.8 Å². The van der Waals surface area contributed by atoms with Gasteiger partial charge in [-0.2, -0.15) is 0 Å². The third-order valence-corrected chi connectivity index (χ3v) is 3.90. The van der Waals surface area contributed by atoms with E-state index < -0.39 is 0 Å². The van der Waals surface area contributed by atoms with Crippen molar-refractivity contribution in [2.24, 2.45) is 0 Å². The van der Waals surface area contributed by atoms with E-state index >= 15 is 0 Å². The van der Waals surface area contributed by atoms with Crippen molar-refractivity contribution in [2.45, 2.75) is 32.1 Å². The van der Waals surface area contributed by atoms with Gasteiger partial charge in [0.2, 0.25) is 0 Å².